The van der Waals surface area contributed by atoms with Crippen LogP contribution in [-0.4, -0.2) is 61.7 Å². The summed E-state index contributed by atoms with van der Waals surface area (Å²) in [5, 5.41) is 0. The highest BCUT2D eigenvalue weighted by Crippen LogP contribution is 2.42. The minimum absolute atomic E-state index is 0.0859. The van der Waals surface area contributed by atoms with E-state index in [4.69, 9.17) is 13.8 Å². The van der Waals surface area contributed by atoms with E-state index < -0.39 is 36.2 Å². The smallest absolute Gasteiger partial charge is 0.453 e. The van der Waals surface area contributed by atoms with Crippen molar-refractivity contribution in [3.8, 4) is 125 Å². The second-order valence-electron chi connectivity index (χ2n) is 26.3. The van der Waals surface area contributed by atoms with Crippen LogP contribution in [0.1, 0.15) is 56.5 Å². The largest absolute Gasteiger partial charge is 0.573 e. The highest BCUT2D eigenvalue weighted by Gasteiger charge is 2.36. The summed E-state index contributed by atoms with van der Waals surface area (Å²) in [6.45, 7) is 11.5. The highest BCUT2D eigenvalue weighted by atomic mass is 79.9. The number of aromatic nitrogens is 10. The molecule has 0 unspecified atom stereocenters. The van der Waals surface area contributed by atoms with Gasteiger partial charge < -0.3 is 47.4 Å². The van der Waals surface area contributed by atoms with Gasteiger partial charge >= 0.3 is 25.1 Å². The Hall–Kier alpha value is -12.6. The van der Waals surface area contributed by atoms with Crippen molar-refractivity contribution in [3.63, 3.8) is 0 Å². The van der Waals surface area contributed by atoms with Crippen LogP contribution in [0.2, 0.25) is 0 Å². The van der Waals surface area contributed by atoms with Crippen molar-refractivity contribution >= 4 is 31.9 Å². The number of benzene rings is 8. The number of aromatic amines is 4. The zero-order valence-electron chi connectivity index (χ0n) is 61.6. The number of hydrogen-bond acceptors (Lipinski definition) is 8. The molecule has 16 rings (SSSR count). The Morgan fingerprint density at radius 3 is 1.38 bits per heavy atom. The van der Waals surface area contributed by atoms with Gasteiger partial charge in [0.1, 0.15) is 34.7 Å². The molecular formula is C87H66Br2F12N10O4. The predicted octanol–water partition coefficient (Wildman–Crippen LogP) is 26.2. The first kappa shape index (κ1) is 80.5. The molecule has 28 heteroatoms. The van der Waals surface area contributed by atoms with Crippen molar-refractivity contribution in [2.24, 2.45) is 0 Å². The number of furan rings is 2. The van der Waals surface area contributed by atoms with E-state index in [-0.39, 0.29) is 39.8 Å². The highest BCUT2D eigenvalue weighted by molar-refractivity contribution is 9.10. The van der Waals surface area contributed by atoms with Crippen LogP contribution in [0.15, 0.2) is 273 Å². The average molecular weight is 1700 g/mol. The molecule has 0 atom stereocenters. The van der Waals surface area contributed by atoms with Crippen LogP contribution in [0.25, 0.3) is 114 Å². The number of halogens is 14. The molecule has 0 spiro atoms. The van der Waals surface area contributed by atoms with E-state index in [0.29, 0.717) is 46.9 Å². The van der Waals surface area contributed by atoms with Crippen LogP contribution in [-0.2, 0) is 18.8 Å². The fourth-order valence-electron chi connectivity index (χ4n) is 12.8. The summed E-state index contributed by atoms with van der Waals surface area (Å²) in [4.78, 5) is 31.5. The number of aryl methyl sites for hydroxylation is 5. The second kappa shape index (κ2) is 33.6. The summed E-state index contributed by atoms with van der Waals surface area (Å²) in [5.41, 5.74) is 13.8. The Balaban J connectivity index is 0.000000134. The summed E-state index contributed by atoms with van der Waals surface area (Å²) >= 11 is 6.82. The first-order valence-corrected chi connectivity index (χ1v) is 36.8. The fourth-order valence-corrected chi connectivity index (χ4v) is 13.3. The molecule has 0 aliphatic carbocycles. The lowest BCUT2D eigenvalue weighted by Crippen LogP contribution is -2.17. The summed E-state index contributed by atoms with van der Waals surface area (Å²) in [5.74, 6) is 3.02. The lowest BCUT2D eigenvalue weighted by Gasteiger charge is -2.13. The number of imidazole rings is 4. The summed E-state index contributed by atoms with van der Waals surface area (Å²) in [7, 11) is 0. The molecule has 586 valence electrons. The van der Waals surface area contributed by atoms with Gasteiger partial charge in [-0.3, -0.25) is 0 Å². The first-order valence-electron chi connectivity index (χ1n) is 35.3. The number of nitrogens with one attached hydrogen (secondary N) is 4. The Morgan fingerprint density at radius 1 is 0.391 bits per heavy atom. The van der Waals surface area contributed by atoms with Crippen LogP contribution >= 0.6 is 31.9 Å². The summed E-state index contributed by atoms with van der Waals surface area (Å²) < 4.78 is 180. The third kappa shape index (κ3) is 19.4. The van der Waals surface area contributed by atoms with Crippen LogP contribution in [0, 0.1) is 41.5 Å². The lowest BCUT2D eigenvalue weighted by molar-refractivity contribution is -0.275. The monoisotopic (exact) mass is 1700 g/mol. The fraction of sp³-hybridized carbons (Fsp3) is 0.126. The SMILES string of the molecule is Cc1[nH]c(-c2cc(C)n(-c3cccc(C(F)(F)F)c3)c2C)nc1-c1ccccc1.Cc1[nH]c(-c2ccc(-c3ccccc3OC(F)(F)F)o2)nc1-c1ccc(Br)cc1.Cc1[nH]c(-c2ccc(-c3ccccc3OC(F)(F)F)o2)nc1Cc1ccc(Br)cc1.Cc1[nH]c(-c2ccn(-c3ccccc3C(F)(F)F)c2)nc1-c1ccccc1. The zero-order chi connectivity index (χ0) is 81.7. The topological polar surface area (TPSA) is 169 Å². The van der Waals surface area contributed by atoms with Gasteiger partial charge in [0.2, 0.25) is 0 Å². The van der Waals surface area contributed by atoms with Gasteiger partial charge in [-0.05, 0) is 162 Å². The third-order valence-electron chi connectivity index (χ3n) is 18.1. The number of ether oxygens (including phenoxy) is 2. The standard InChI is InChI=1S/C23H20F3N3.C22H16BrF3N2O2.C21H14BrF3N2O2.C21H16F3N3/c1-14-12-20(22-27-15(2)21(28-22)17-8-5-4-6-9-17)16(3)29(14)19-11-7-10-18(13-19)23(24,25)26;1-13-17(12-14-6-8-15(23)9-7-14)28-21(27-13)20-11-10-18(29-20)16-4-2-3-5-19(16)30-22(24,25)26;1-12-19(13-6-8-14(22)9-7-13)27-20(26-12)18-11-10-16(28-18)15-4-2-3-5-17(15)29-21(23,24)25;1-14-19(15-7-3-2-4-8-15)26-20(25-14)16-11-12-27(13-16)18-10-6-5-9-17(18)21(22,23)24/h4-13H,1-3H3,(H,27,28);2-11H,12H2,1H3,(H,27,28);2-11H,1H3,(H,26,27);2-13H,1H3,(H,25,26). The number of rotatable bonds is 15. The normalized spacial score (nSPS) is 11.7. The lowest BCUT2D eigenvalue weighted by atomic mass is 10.1. The van der Waals surface area contributed by atoms with E-state index in [0.717, 1.165) is 111 Å². The molecule has 0 saturated carbocycles. The van der Waals surface area contributed by atoms with Crippen LogP contribution in [0.3, 0.4) is 0 Å². The maximum atomic E-state index is 13.3. The number of para-hydroxylation sites is 3. The van der Waals surface area contributed by atoms with Crippen molar-refractivity contribution in [2.45, 2.75) is 73.0 Å². The van der Waals surface area contributed by atoms with Crippen LogP contribution in [0.5, 0.6) is 11.5 Å². The quantitative estimate of drug-likeness (QED) is 0.0735. The molecule has 8 heterocycles. The summed E-state index contributed by atoms with van der Waals surface area (Å²) in [6, 6.07) is 68.1. The number of alkyl halides is 12. The van der Waals surface area contributed by atoms with Gasteiger partial charge in [0.25, 0.3) is 0 Å². The van der Waals surface area contributed by atoms with Gasteiger partial charge in [-0.1, -0.05) is 159 Å². The van der Waals surface area contributed by atoms with Crippen LogP contribution in [0.4, 0.5) is 52.7 Å². The number of nitrogens with zero attached hydrogens (tertiary/aromatic N) is 6. The molecule has 115 heavy (non-hydrogen) atoms. The molecule has 0 bridgehead atoms. The molecule has 0 amide bonds. The van der Waals surface area contributed by atoms with Crippen molar-refractivity contribution in [2.75, 3.05) is 0 Å². The van der Waals surface area contributed by atoms with Gasteiger partial charge in [0, 0.05) is 95.4 Å². The molecule has 0 fully saturated rings. The maximum Gasteiger partial charge on any atom is 0.573 e. The summed E-state index contributed by atoms with van der Waals surface area (Å²) in [6.07, 6.45) is -14.5. The molecule has 0 aliphatic heterocycles. The van der Waals surface area contributed by atoms with E-state index in [1.165, 1.54) is 65.2 Å². The van der Waals surface area contributed by atoms with Gasteiger partial charge in [0.15, 0.2) is 23.2 Å². The van der Waals surface area contributed by atoms with E-state index in [1.54, 1.807) is 67.0 Å². The number of H-pyrrole nitrogens is 4. The molecule has 0 aliphatic rings. The molecule has 14 nitrogen and oxygen atoms in total. The van der Waals surface area contributed by atoms with Gasteiger partial charge in [-0.25, -0.2) is 19.9 Å². The molecule has 16 aromatic rings. The van der Waals surface area contributed by atoms with E-state index in [9.17, 15) is 52.7 Å². The van der Waals surface area contributed by atoms with E-state index >= 15 is 0 Å². The van der Waals surface area contributed by atoms with Crippen molar-refractivity contribution < 1.29 is 71.0 Å². The molecule has 4 N–H and O–H groups in total. The predicted molar refractivity (Wildman–Crippen MR) is 423 cm³/mol. The average Bonchev–Trinajstić information content (AvgIpc) is 1.61. The minimum atomic E-state index is -4.79. The maximum absolute atomic E-state index is 13.3. The van der Waals surface area contributed by atoms with Crippen molar-refractivity contribution in [1.29, 1.82) is 0 Å². The molecule has 0 radical (unpaired) electrons. The Bertz CT molecular complexity index is 6020. The van der Waals surface area contributed by atoms with Gasteiger partial charge in [-0.2, -0.15) is 26.3 Å². The number of hydrogen-bond donors (Lipinski definition) is 4. The molecular weight excluding hydrogens is 1640 g/mol. The second-order valence-corrected chi connectivity index (χ2v) is 28.1. The van der Waals surface area contributed by atoms with Crippen LogP contribution < -0.4 is 9.47 Å². The zero-order valence-corrected chi connectivity index (χ0v) is 64.7. The van der Waals surface area contributed by atoms with E-state index in [2.05, 4.69) is 76.2 Å². The van der Waals surface area contributed by atoms with Gasteiger partial charge in [0.05, 0.1) is 50.7 Å². The Kier molecular flexibility index (Phi) is 23.5. The van der Waals surface area contributed by atoms with Crippen molar-refractivity contribution in [3.05, 3.63) is 321 Å². The van der Waals surface area contributed by atoms with Gasteiger partial charge in [-0.15, -0.1) is 26.3 Å². The third-order valence-corrected chi connectivity index (χ3v) is 19.2. The van der Waals surface area contributed by atoms with Crippen molar-refractivity contribution in [1.82, 2.24) is 49.0 Å². The first-order chi connectivity index (χ1) is 54.8. The molecule has 0 saturated heterocycles. The molecule has 8 aromatic heterocycles. The molecule has 8 aromatic carbocycles. The Morgan fingerprint density at radius 2 is 0.843 bits per heavy atom. The van der Waals surface area contributed by atoms with E-state index in [1.807, 2.05) is 161 Å². The minimum Gasteiger partial charge on any atom is -0.453 e. The Labute approximate surface area is 666 Å².